The highest BCUT2D eigenvalue weighted by Gasteiger charge is 2.22. The first-order chi connectivity index (χ1) is 9.69. The number of halogens is 1. The van der Waals surface area contributed by atoms with E-state index in [-0.39, 0.29) is 6.04 Å². The zero-order valence-electron chi connectivity index (χ0n) is 11.0. The van der Waals surface area contributed by atoms with E-state index >= 15 is 0 Å². The molecule has 106 valence electrons. The van der Waals surface area contributed by atoms with Crippen molar-refractivity contribution in [2.45, 2.75) is 25.8 Å². The van der Waals surface area contributed by atoms with Crippen LogP contribution in [-0.4, -0.2) is 16.2 Å². The van der Waals surface area contributed by atoms with Gasteiger partial charge in [-0.25, -0.2) is 0 Å². The van der Waals surface area contributed by atoms with Gasteiger partial charge in [0, 0.05) is 10.9 Å². The number of rotatable bonds is 4. The maximum atomic E-state index is 5.76. The number of ether oxygens (including phenoxy) is 1. The standard InChI is InChI=1S/C13H15BrN4OS/c1-7-13(20-18-17-7)11(16-15)6-9-5-10(14)4-8-2-3-19-12(8)9/h4-5,11,16H,2-3,6,15H2,1H3. The highest BCUT2D eigenvalue weighted by Crippen LogP contribution is 2.35. The molecule has 3 rings (SSSR count). The Morgan fingerprint density at radius 1 is 1.55 bits per heavy atom. The van der Waals surface area contributed by atoms with Crippen LogP contribution in [0.25, 0.3) is 0 Å². The Morgan fingerprint density at radius 3 is 3.10 bits per heavy atom. The minimum Gasteiger partial charge on any atom is -0.493 e. The van der Waals surface area contributed by atoms with Crippen molar-refractivity contribution in [1.29, 1.82) is 0 Å². The van der Waals surface area contributed by atoms with E-state index in [1.165, 1.54) is 17.1 Å². The van der Waals surface area contributed by atoms with Crippen LogP contribution in [0.5, 0.6) is 5.75 Å². The fraction of sp³-hybridized carbons (Fsp3) is 0.385. The molecular formula is C13H15BrN4OS. The van der Waals surface area contributed by atoms with Crippen molar-refractivity contribution in [1.82, 2.24) is 15.0 Å². The quantitative estimate of drug-likeness (QED) is 0.650. The lowest BCUT2D eigenvalue weighted by Gasteiger charge is -2.16. The van der Waals surface area contributed by atoms with Gasteiger partial charge in [-0.05, 0) is 48.1 Å². The van der Waals surface area contributed by atoms with E-state index in [1.54, 1.807) is 0 Å². The minimum absolute atomic E-state index is 0.00222. The molecule has 0 fully saturated rings. The van der Waals surface area contributed by atoms with Gasteiger partial charge in [0.25, 0.3) is 0 Å². The SMILES string of the molecule is Cc1nnsc1C(Cc1cc(Br)cc2c1OCC2)NN. The molecule has 0 saturated heterocycles. The number of benzene rings is 1. The minimum atomic E-state index is -0.00222. The largest absolute Gasteiger partial charge is 0.493 e. The average Bonchev–Trinajstić information content (AvgIpc) is 3.04. The molecular weight excluding hydrogens is 340 g/mol. The summed E-state index contributed by atoms with van der Waals surface area (Å²) < 4.78 is 10.8. The Morgan fingerprint density at radius 2 is 2.40 bits per heavy atom. The fourth-order valence-corrected chi connectivity index (χ4v) is 3.76. The predicted octanol–water partition coefficient (Wildman–Crippen LogP) is 2.29. The van der Waals surface area contributed by atoms with Crippen LogP contribution in [0, 0.1) is 6.92 Å². The second-order valence-electron chi connectivity index (χ2n) is 4.80. The summed E-state index contributed by atoms with van der Waals surface area (Å²) in [7, 11) is 0. The van der Waals surface area contributed by atoms with Gasteiger partial charge in [-0.1, -0.05) is 20.4 Å². The van der Waals surface area contributed by atoms with Crippen molar-refractivity contribution in [3.05, 3.63) is 38.3 Å². The number of hydrogen-bond donors (Lipinski definition) is 2. The average molecular weight is 355 g/mol. The number of aromatic nitrogens is 2. The Bertz CT molecular complexity index is 631. The summed E-state index contributed by atoms with van der Waals surface area (Å²) >= 11 is 4.94. The van der Waals surface area contributed by atoms with Gasteiger partial charge >= 0.3 is 0 Å². The maximum Gasteiger partial charge on any atom is 0.125 e. The Hall–Kier alpha value is -1.02. The van der Waals surface area contributed by atoms with Gasteiger partial charge in [-0.3, -0.25) is 11.3 Å². The highest BCUT2D eigenvalue weighted by molar-refractivity contribution is 9.10. The number of nitrogens with two attached hydrogens (primary N) is 1. The highest BCUT2D eigenvalue weighted by atomic mass is 79.9. The van der Waals surface area contributed by atoms with Crippen molar-refractivity contribution in [3.8, 4) is 5.75 Å². The van der Waals surface area contributed by atoms with E-state index < -0.39 is 0 Å². The van der Waals surface area contributed by atoms with Crippen LogP contribution in [0.4, 0.5) is 0 Å². The lowest BCUT2D eigenvalue weighted by Crippen LogP contribution is -2.29. The van der Waals surface area contributed by atoms with Crippen LogP contribution >= 0.6 is 27.5 Å². The van der Waals surface area contributed by atoms with Crippen LogP contribution in [0.1, 0.15) is 27.7 Å². The molecule has 2 heterocycles. The number of hydrazine groups is 1. The number of aryl methyl sites for hydroxylation is 1. The molecule has 2 aromatic rings. The molecule has 0 amide bonds. The summed E-state index contributed by atoms with van der Waals surface area (Å²) in [5.41, 5.74) is 6.19. The summed E-state index contributed by atoms with van der Waals surface area (Å²) in [5.74, 6) is 6.72. The molecule has 5 nitrogen and oxygen atoms in total. The van der Waals surface area contributed by atoms with Crippen LogP contribution in [-0.2, 0) is 12.8 Å². The zero-order chi connectivity index (χ0) is 14.1. The van der Waals surface area contributed by atoms with Gasteiger partial charge in [-0.2, -0.15) is 0 Å². The van der Waals surface area contributed by atoms with E-state index in [2.05, 4.69) is 43.1 Å². The molecule has 0 radical (unpaired) electrons. The predicted molar refractivity (Wildman–Crippen MR) is 81.8 cm³/mol. The zero-order valence-corrected chi connectivity index (χ0v) is 13.4. The van der Waals surface area contributed by atoms with Crippen LogP contribution < -0.4 is 16.0 Å². The summed E-state index contributed by atoms with van der Waals surface area (Å²) in [6.07, 6.45) is 1.71. The van der Waals surface area contributed by atoms with E-state index in [9.17, 15) is 0 Å². The first kappa shape index (κ1) is 13.9. The van der Waals surface area contributed by atoms with Crippen molar-refractivity contribution in [3.63, 3.8) is 0 Å². The molecule has 7 heteroatoms. The van der Waals surface area contributed by atoms with Crippen molar-refractivity contribution in [2.24, 2.45) is 5.84 Å². The summed E-state index contributed by atoms with van der Waals surface area (Å²) in [4.78, 5) is 1.07. The lowest BCUT2D eigenvalue weighted by atomic mass is 10.0. The van der Waals surface area contributed by atoms with Crippen molar-refractivity contribution >= 4 is 27.5 Å². The van der Waals surface area contributed by atoms with Crippen LogP contribution in [0.3, 0.4) is 0 Å². The first-order valence-corrected chi connectivity index (χ1v) is 7.94. The van der Waals surface area contributed by atoms with Gasteiger partial charge in [0.15, 0.2) is 0 Å². The third kappa shape index (κ3) is 2.58. The number of nitrogens with one attached hydrogen (secondary N) is 1. The molecule has 0 aliphatic carbocycles. The molecule has 0 bridgehead atoms. The fourth-order valence-electron chi connectivity index (χ4n) is 2.50. The second-order valence-corrected chi connectivity index (χ2v) is 6.50. The molecule has 1 aliphatic rings. The summed E-state index contributed by atoms with van der Waals surface area (Å²) in [5, 5.41) is 4.05. The molecule has 0 saturated carbocycles. The summed E-state index contributed by atoms with van der Waals surface area (Å²) in [6, 6.07) is 4.21. The Kier molecular flexibility index (Phi) is 4.02. The third-order valence-electron chi connectivity index (χ3n) is 3.45. The molecule has 20 heavy (non-hydrogen) atoms. The van der Waals surface area contributed by atoms with Crippen LogP contribution in [0.2, 0.25) is 0 Å². The van der Waals surface area contributed by atoms with Gasteiger partial charge in [0.05, 0.1) is 23.2 Å². The molecule has 1 unspecified atom stereocenters. The van der Waals surface area contributed by atoms with Crippen molar-refractivity contribution in [2.75, 3.05) is 6.61 Å². The molecule has 0 spiro atoms. The van der Waals surface area contributed by atoms with Crippen molar-refractivity contribution < 1.29 is 4.74 Å². The van der Waals surface area contributed by atoms with E-state index in [4.69, 9.17) is 10.6 Å². The topological polar surface area (TPSA) is 73.1 Å². The van der Waals surface area contributed by atoms with Crippen LogP contribution in [0.15, 0.2) is 16.6 Å². The van der Waals surface area contributed by atoms with E-state index in [0.717, 1.165) is 45.8 Å². The third-order valence-corrected chi connectivity index (χ3v) is 4.85. The number of nitrogens with zero attached hydrogens (tertiary/aromatic N) is 2. The molecule has 3 N–H and O–H groups in total. The van der Waals surface area contributed by atoms with Gasteiger partial charge in [-0.15, -0.1) is 5.10 Å². The first-order valence-electron chi connectivity index (χ1n) is 6.38. The Labute approximate surface area is 129 Å². The van der Waals surface area contributed by atoms with E-state index in [1.807, 2.05) is 6.92 Å². The molecule has 1 aromatic carbocycles. The number of fused-ring (bicyclic) bond motifs is 1. The summed E-state index contributed by atoms with van der Waals surface area (Å²) in [6.45, 7) is 2.70. The monoisotopic (exact) mass is 354 g/mol. The van der Waals surface area contributed by atoms with Gasteiger partial charge in [0.1, 0.15) is 5.75 Å². The van der Waals surface area contributed by atoms with Gasteiger partial charge < -0.3 is 4.74 Å². The molecule has 1 atom stereocenters. The second kappa shape index (κ2) is 5.77. The lowest BCUT2D eigenvalue weighted by molar-refractivity contribution is 0.351. The van der Waals surface area contributed by atoms with Gasteiger partial charge in [0.2, 0.25) is 0 Å². The number of hydrogen-bond acceptors (Lipinski definition) is 6. The Balaban J connectivity index is 1.92. The maximum absolute atomic E-state index is 5.76. The normalized spacial score (nSPS) is 14.9. The molecule has 1 aromatic heterocycles. The molecule has 1 aliphatic heterocycles. The smallest absolute Gasteiger partial charge is 0.125 e. The van der Waals surface area contributed by atoms with E-state index in [0.29, 0.717) is 0 Å².